The largest absolute Gasteiger partial charge is 0.494 e. The maximum Gasteiger partial charge on any atom is 0.199 e. The zero-order chi connectivity index (χ0) is 16.5. The highest BCUT2D eigenvalue weighted by Crippen LogP contribution is 2.37. The first-order valence-electron chi connectivity index (χ1n) is 8.79. The van der Waals surface area contributed by atoms with Gasteiger partial charge in [0, 0.05) is 42.1 Å². The Kier molecular flexibility index (Phi) is 4.03. The molecule has 2 aromatic carbocycles. The number of likely N-dealkylation sites (tertiary alicyclic amines) is 1. The van der Waals surface area contributed by atoms with Crippen molar-refractivity contribution in [3.05, 3.63) is 65.9 Å². The van der Waals surface area contributed by atoms with E-state index >= 15 is 0 Å². The number of aromatic hydroxyl groups is 1. The molecule has 0 unspecified atom stereocenters. The Labute approximate surface area is 143 Å². The van der Waals surface area contributed by atoms with Crippen LogP contribution in [0.25, 0.3) is 10.8 Å². The van der Waals surface area contributed by atoms with E-state index in [9.17, 15) is 5.11 Å². The zero-order valence-corrected chi connectivity index (χ0v) is 14.2. The van der Waals surface area contributed by atoms with Crippen molar-refractivity contribution in [3.8, 4) is 5.88 Å². The van der Waals surface area contributed by atoms with E-state index in [-0.39, 0.29) is 0 Å². The molecule has 0 saturated carbocycles. The van der Waals surface area contributed by atoms with Crippen LogP contribution in [0.2, 0.25) is 0 Å². The number of fused-ring (bicyclic) bond motifs is 1. The average molecular weight is 320 g/mol. The minimum absolute atomic E-state index is 0.393. The molecule has 0 spiro atoms. The van der Waals surface area contributed by atoms with E-state index in [4.69, 9.17) is 0 Å². The van der Waals surface area contributed by atoms with Crippen LogP contribution in [0.1, 0.15) is 30.1 Å². The SMILES string of the molecule is Cc1c2ccccc2c(O)n1C1CCN(Cc2ccccc2)CC1. The van der Waals surface area contributed by atoms with Gasteiger partial charge in [-0.15, -0.1) is 0 Å². The molecule has 4 rings (SSSR count). The third-order valence-corrected chi connectivity index (χ3v) is 5.32. The molecule has 1 N–H and O–H groups in total. The second-order valence-corrected chi connectivity index (χ2v) is 6.82. The molecule has 3 nitrogen and oxygen atoms in total. The number of hydrogen-bond acceptors (Lipinski definition) is 2. The van der Waals surface area contributed by atoms with E-state index in [2.05, 4.69) is 52.8 Å². The maximum absolute atomic E-state index is 10.7. The lowest BCUT2D eigenvalue weighted by atomic mass is 10.0. The monoisotopic (exact) mass is 320 g/mol. The molecule has 124 valence electrons. The number of aromatic nitrogens is 1. The van der Waals surface area contributed by atoms with Gasteiger partial charge in [-0.1, -0.05) is 48.5 Å². The van der Waals surface area contributed by atoms with Crippen LogP contribution in [-0.2, 0) is 6.54 Å². The van der Waals surface area contributed by atoms with Gasteiger partial charge in [-0.05, 0) is 31.4 Å². The lowest BCUT2D eigenvalue weighted by Crippen LogP contribution is -2.34. The summed E-state index contributed by atoms with van der Waals surface area (Å²) in [7, 11) is 0. The van der Waals surface area contributed by atoms with Crippen molar-refractivity contribution in [3.63, 3.8) is 0 Å². The Morgan fingerprint density at radius 2 is 1.54 bits per heavy atom. The van der Waals surface area contributed by atoms with E-state index in [0.29, 0.717) is 11.9 Å². The van der Waals surface area contributed by atoms with Crippen molar-refractivity contribution in [2.75, 3.05) is 13.1 Å². The van der Waals surface area contributed by atoms with Gasteiger partial charge >= 0.3 is 0 Å². The van der Waals surface area contributed by atoms with Gasteiger partial charge in [0.15, 0.2) is 5.88 Å². The van der Waals surface area contributed by atoms with Gasteiger partial charge < -0.3 is 9.67 Å². The molecule has 0 atom stereocenters. The van der Waals surface area contributed by atoms with E-state index in [1.54, 1.807) is 0 Å². The first-order valence-corrected chi connectivity index (χ1v) is 8.79. The second-order valence-electron chi connectivity index (χ2n) is 6.82. The van der Waals surface area contributed by atoms with Crippen LogP contribution in [0.4, 0.5) is 0 Å². The van der Waals surface area contributed by atoms with E-state index in [0.717, 1.165) is 37.9 Å². The minimum atomic E-state index is 0.393. The second kappa shape index (κ2) is 6.33. The van der Waals surface area contributed by atoms with Crippen molar-refractivity contribution in [1.29, 1.82) is 0 Å². The molecular weight excluding hydrogens is 296 g/mol. The molecule has 0 bridgehead atoms. The summed E-state index contributed by atoms with van der Waals surface area (Å²) < 4.78 is 2.16. The highest BCUT2D eigenvalue weighted by atomic mass is 16.3. The summed E-state index contributed by atoms with van der Waals surface area (Å²) in [5.74, 6) is 0.435. The van der Waals surface area contributed by atoms with Crippen LogP contribution in [0.3, 0.4) is 0 Å². The molecule has 3 heteroatoms. The van der Waals surface area contributed by atoms with Gasteiger partial charge in [0.2, 0.25) is 0 Å². The zero-order valence-electron chi connectivity index (χ0n) is 14.2. The molecule has 0 amide bonds. The fourth-order valence-electron chi connectivity index (χ4n) is 4.04. The number of nitrogens with zero attached hydrogens (tertiary/aromatic N) is 2. The number of rotatable bonds is 3. The number of hydrogen-bond donors (Lipinski definition) is 1. The van der Waals surface area contributed by atoms with Gasteiger partial charge in [-0.25, -0.2) is 0 Å². The molecule has 0 aliphatic carbocycles. The van der Waals surface area contributed by atoms with Crippen LogP contribution >= 0.6 is 0 Å². The summed E-state index contributed by atoms with van der Waals surface area (Å²) in [6.07, 6.45) is 2.17. The normalized spacial score (nSPS) is 16.7. The van der Waals surface area contributed by atoms with Crippen molar-refractivity contribution in [1.82, 2.24) is 9.47 Å². The standard InChI is InChI=1S/C21H24N2O/c1-16-19-9-5-6-10-20(19)21(24)23(16)18-11-13-22(14-12-18)15-17-7-3-2-4-8-17/h2-10,18,24H,11-15H2,1H3. The van der Waals surface area contributed by atoms with E-state index in [1.165, 1.54) is 16.6 Å². The summed E-state index contributed by atoms with van der Waals surface area (Å²) in [5, 5.41) is 12.8. The van der Waals surface area contributed by atoms with Crippen molar-refractivity contribution >= 4 is 10.8 Å². The highest BCUT2D eigenvalue weighted by Gasteiger charge is 2.25. The summed E-state index contributed by atoms with van der Waals surface area (Å²) in [4.78, 5) is 2.52. The quantitative estimate of drug-likeness (QED) is 0.770. The maximum atomic E-state index is 10.7. The molecular formula is C21H24N2O. The molecule has 2 heterocycles. The molecule has 24 heavy (non-hydrogen) atoms. The topological polar surface area (TPSA) is 28.4 Å². The van der Waals surface area contributed by atoms with Crippen LogP contribution in [-0.4, -0.2) is 27.7 Å². The van der Waals surface area contributed by atoms with Gasteiger partial charge in [-0.2, -0.15) is 0 Å². The Balaban J connectivity index is 1.50. The molecule has 1 saturated heterocycles. The van der Waals surface area contributed by atoms with Gasteiger partial charge in [0.25, 0.3) is 0 Å². The predicted molar refractivity (Wildman–Crippen MR) is 98.3 cm³/mol. The molecule has 1 aliphatic rings. The van der Waals surface area contributed by atoms with Gasteiger partial charge in [0.1, 0.15) is 0 Å². The smallest absolute Gasteiger partial charge is 0.199 e. The van der Waals surface area contributed by atoms with Crippen molar-refractivity contribution < 1.29 is 5.11 Å². The highest BCUT2D eigenvalue weighted by molar-refractivity contribution is 5.90. The fraction of sp³-hybridized carbons (Fsp3) is 0.333. The van der Waals surface area contributed by atoms with Crippen molar-refractivity contribution in [2.24, 2.45) is 0 Å². The number of benzene rings is 2. The summed E-state index contributed by atoms with van der Waals surface area (Å²) in [5.41, 5.74) is 2.56. The minimum Gasteiger partial charge on any atom is -0.494 e. The lowest BCUT2D eigenvalue weighted by Gasteiger charge is -2.33. The Bertz CT molecular complexity index is 791. The van der Waals surface area contributed by atoms with E-state index < -0.39 is 0 Å². The lowest BCUT2D eigenvalue weighted by molar-refractivity contribution is 0.173. The van der Waals surface area contributed by atoms with E-state index in [1.807, 2.05) is 18.2 Å². The summed E-state index contributed by atoms with van der Waals surface area (Å²) >= 11 is 0. The molecule has 1 aromatic heterocycles. The van der Waals surface area contributed by atoms with Crippen molar-refractivity contribution in [2.45, 2.75) is 32.4 Å². The number of aryl methyl sites for hydroxylation is 1. The molecule has 1 fully saturated rings. The molecule has 0 radical (unpaired) electrons. The number of piperidine rings is 1. The Morgan fingerprint density at radius 3 is 2.21 bits per heavy atom. The average Bonchev–Trinajstić information content (AvgIpc) is 2.88. The summed E-state index contributed by atoms with van der Waals surface area (Å²) in [6.45, 7) is 5.30. The van der Waals surface area contributed by atoms with Crippen LogP contribution in [0.15, 0.2) is 54.6 Å². The van der Waals surface area contributed by atoms with Crippen LogP contribution in [0, 0.1) is 6.92 Å². The first kappa shape index (κ1) is 15.3. The Morgan fingerprint density at radius 1 is 0.917 bits per heavy atom. The first-order chi connectivity index (χ1) is 11.7. The predicted octanol–water partition coefficient (Wildman–Crippen LogP) is 4.49. The van der Waals surface area contributed by atoms with Gasteiger partial charge in [0.05, 0.1) is 0 Å². The third kappa shape index (κ3) is 2.69. The Hall–Kier alpha value is -2.26. The van der Waals surface area contributed by atoms with Crippen LogP contribution in [0.5, 0.6) is 5.88 Å². The fourth-order valence-corrected chi connectivity index (χ4v) is 4.04. The summed E-state index contributed by atoms with van der Waals surface area (Å²) in [6, 6.07) is 19.2. The third-order valence-electron chi connectivity index (χ3n) is 5.32. The van der Waals surface area contributed by atoms with Gasteiger partial charge in [-0.3, -0.25) is 4.90 Å². The van der Waals surface area contributed by atoms with Crippen LogP contribution < -0.4 is 0 Å². The molecule has 1 aliphatic heterocycles. The molecule has 3 aromatic rings.